The smallest absolute Gasteiger partial charge is 0.306 e. The van der Waals surface area contributed by atoms with E-state index in [1.807, 2.05) is 0 Å². The van der Waals surface area contributed by atoms with E-state index in [2.05, 4.69) is 26.1 Å². The minimum absolute atomic E-state index is 0.0889. The van der Waals surface area contributed by atoms with Gasteiger partial charge < -0.3 is 20.3 Å². The van der Waals surface area contributed by atoms with E-state index >= 15 is 0 Å². The summed E-state index contributed by atoms with van der Waals surface area (Å²) in [5.74, 6) is -0.442. The second-order valence-electron chi connectivity index (χ2n) is 21.1. The molecule has 0 aliphatic heterocycles. The normalized spacial score (nSPS) is 13.0. The maximum absolute atomic E-state index is 13.3. The summed E-state index contributed by atoms with van der Waals surface area (Å²) in [4.78, 5) is 26.3. The number of nitrogens with one attached hydrogen (secondary N) is 1. The van der Waals surface area contributed by atoms with Gasteiger partial charge in [0.05, 0.1) is 25.2 Å². The SMILES string of the molecule is CCCCCCCCCCCCCCCCCCCC(CC(=O)NC(CO)C(O)CCCCCCCCCCCCCCCCC)OC(=O)CCCCCCCCCCCCCCCCC. The molecule has 0 aliphatic carbocycles. The second kappa shape index (κ2) is 54.8. The lowest BCUT2D eigenvalue weighted by Crippen LogP contribution is -2.46. The number of rotatable bonds is 56. The zero-order valence-corrected chi connectivity index (χ0v) is 45.1. The maximum atomic E-state index is 13.3. The van der Waals surface area contributed by atoms with Gasteiger partial charge in [-0.15, -0.1) is 0 Å². The van der Waals surface area contributed by atoms with Crippen molar-refractivity contribution < 1.29 is 24.5 Å². The molecule has 0 rings (SSSR count). The number of aliphatic hydroxyl groups is 2. The molecule has 0 fully saturated rings. The number of unbranched alkanes of at least 4 members (excludes halogenated alkanes) is 44. The minimum Gasteiger partial charge on any atom is -0.462 e. The van der Waals surface area contributed by atoms with Crippen LogP contribution in [0.4, 0.5) is 0 Å². The fourth-order valence-electron chi connectivity index (χ4n) is 9.85. The lowest BCUT2D eigenvalue weighted by atomic mass is 10.0. The van der Waals surface area contributed by atoms with Gasteiger partial charge in [-0.2, -0.15) is 0 Å². The Balaban J connectivity index is 4.48. The molecule has 6 nitrogen and oxygen atoms in total. The van der Waals surface area contributed by atoms with Crippen molar-refractivity contribution in [2.45, 2.75) is 366 Å². The van der Waals surface area contributed by atoms with Crippen molar-refractivity contribution in [1.82, 2.24) is 5.32 Å². The highest BCUT2D eigenvalue weighted by Gasteiger charge is 2.24. The molecule has 0 radical (unpaired) electrons. The Bertz CT molecular complexity index is 959. The fourth-order valence-corrected chi connectivity index (χ4v) is 9.85. The van der Waals surface area contributed by atoms with Crippen LogP contribution in [0.15, 0.2) is 0 Å². The molecule has 0 saturated carbocycles. The molecule has 1 amide bonds. The van der Waals surface area contributed by atoms with E-state index in [1.165, 1.54) is 263 Å². The predicted octanol–water partition coefficient (Wildman–Crippen LogP) is 18.7. The Morgan fingerprint density at radius 2 is 0.636 bits per heavy atom. The van der Waals surface area contributed by atoms with Gasteiger partial charge >= 0.3 is 5.97 Å². The van der Waals surface area contributed by atoms with Gasteiger partial charge in [-0.1, -0.05) is 310 Å². The van der Waals surface area contributed by atoms with Crippen LogP contribution in [0.2, 0.25) is 0 Å². The molecular formula is C60H119NO5. The van der Waals surface area contributed by atoms with Gasteiger partial charge in [-0.3, -0.25) is 9.59 Å². The van der Waals surface area contributed by atoms with E-state index in [0.717, 1.165) is 38.5 Å². The van der Waals surface area contributed by atoms with Gasteiger partial charge in [-0.25, -0.2) is 0 Å². The number of carbonyl (C=O) groups is 2. The van der Waals surface area contributed by atoms with Gasteiger partial charge in [-0.05, 0) is 25.7 Å². The van der Waals surface area contributed by atoms with Crippen LogP contribution in [-0.2, 0) is 14.3 Å². The van der Waals surface area contributed by atoms with Crippen LogP contribution in [0.5, 0.6) is 0 Å². The zero-order valence-electron chi connectivity index (χ0n) is 45.1. The first-order chi connectivity index (χ1) is 32.5. The Morgan fingerprint density at radius 1 is 0.379 bits per heavy atom. The van der Waals surface area contributed by atoms with Crippen LogP contribution in [0.25, 0.3) is 0 Å². The largest absolute Gasteiger partial charge is 0.462 e. The van der Waals surface area contributed by atoms with Crippen LogP contribution < -0.4 is 5.32 Å². The summed E-state index contributed by atoms with van der Waals surface area (Å²) in [6.07, 6.45) is 61.7. The number of hydrogen-bond acceptors (Lipinski definition) is 5. The molecule has 3 atom stereocenters. The van der Waals surface area contributed by atoms with Gasteiger partial charge in [0.25, 0.3) is 0 Å². The van der Waals surface area contributed by atoms with Crippen LogP contribution in [0, 0.1) is 0 Å². The quantitative estimate of drug-likeness (QED) is 0.0417. The highest BCUT2D eigenvalue weighted by molar-refractivity contribution is 5.77. The summed E-state index contributed by atoms with van der Waals surface area (Å²) in [5, 5.41) is 23.9. The molecular weight excluding hydrogens is 815 g/mol. The molecule has 0 aromatic carbocycles. The van der Waals surface area contributed by atoms with Crippen molar-refractivity contribution in [1.29, 1.82) is 0 Å². The van der Waals surface area contributed by atoms with Crippen molar-refractivity contribution in [3.05, 3.63) is 0 Å². The van der Waals surface area contributed by atoms with Gasteiger partial charge in [0.15, 0.2) is 0 Å². The molecule has 0 heterocycles. The third-order valence-corrected chi connectivity index (χ3v) is 14.4. The van der Waals surface area contributed by atoms with E-state index in [4.69, 9.17) is 4.74 Å². The Hall–Kier alpha value is -1.14. The third-order valence-electron chi connectivity index (χ3n) is 14.4. The summed E-state index contributed by atoms with van der Waals surface area (Å²) in [7, 11) is 0. The standard InChI is InChI=1S/C60H119NO5/c1-4-7-10-13-16-19-22-25-28-29-32-33-36-39-42-45-48-51-56(66-60(65)53-50-47-44-41-38-35-31-27-24-21-18-15-12-9-6-3)54-59(64)61-57(55-62)58(63)52-49-46-43-40-37-34-30-26-23-20-17-14-11-8-5-2/h56-58,62-63H,4-55H2,1-3H3,(H,61,64). The number of amides is 1. The van der Waals surface area contributed by atoms with Crippen molar-refractivity contribution in [2.75, 3.05) is 6.61 Å². The summed E-state index contributed by atoms with van der Waals surface area (Å²) >= 11 is 0. The van der Waals surface area contributed by atoms with E-state index in [-0.39, 0.29) is 24.9 Å². The Kier molecular flexibility index (Phi) is 53.8. The number of ether oxygens (including phenoxy) is 1. The molecule has 0 saturated heterocycles. The molecule has 0 aliphatic rings. The maximum Gasteiger partial charge on any atom is 0.306 e. The van der Waals surface area contributed by atoms with Crippen LogP contribution in [0.1, 0.15) is 348 Å². The molecule has 66 heavy (non-hydrogen) atoms. The first kappa shape index (κ1) is 64.9. The molecule has 0 aromatic rings. The number of hydrogen-bond donors (Lipinski definition) is 3. The topological polar surface area (TPSA) is 95.9 Å². The monoisotopic (exact) mass is 934 g/mol. The summed E-state index contributed by atoms with van der Waals surface area (Å²) in [6, 6.07) is -0.693. The van der Waals surface area contributed by atoms with Crippen LogP contribution in [-0.4, -0.2) is 46.9 Å². The van der Waals surface area contributed by atoms with Gasteiger partial charge in [0, 0.05) is 6.42 Å². The van der Waals surface area contributed by atoms with Crippen molar-refractivity contribution in [2.24, 2.45) is 0 Å². The van der Waals surface area contributed by atoms with E-state index in [1.54, 1.807) is 0 Å². The summed E-state index contributed by atoms with van der Waals surface area (Å²) in [6.45, 7) is 6.55. The zero-order chi connectivity index (χ0) is 48.1. The summed E-state index contributed by atoms with van der Waals surface area (Å²) in [5.41, 5.74) is 0. The first-order valence-corrected chi connectivity index (χ1v) is 30.3. The van der Waals surface area contributed by atoms with E-state index < -0.39 is 18.2 Å². The van der Waals surface area contributed by atoms with E-state index in [9.17, 15) is 19.8 Å². The Morgan fingerprint density at radius 3 is 0.924 bits per heavy atom. The average molecular weight is 935 g/mol. The van der Waals surface area contributed by atoms with Crippen molar-refractivity contribution >= 4 is 11.9 Å². The van der Waals surface area contributed by atoms with Crippen molar-refractivity contribution in [3.63, 3.8) is 0 Å². The highest BCUT2D eigenvalue weighted by atomic mass is 16.5. The molecule has 0 spiro atoms. The van der Waals surface area contributed by atoms with Crippen molar-refractivity contribution in [3.8, 4) is 0 Å². The van der Waals surface area contributed by atoms with E-state index in [0.29, 0.717) is 19.3 Å². The first-order valence-electron chi connectivity index (χ1n) is 30.3. The molecule has 0 bridgehead atoms. The van der Waals surface area contributed by atoms with Gasteiger partial charge in [0.1, 0.15) is 6.10 Å². The number of esters is 1. The predicted molar refractivity (Wildman–Crippen MR) is 287 cm³/mol. The lowest BCUT2D eigenvalue weighted by molar-refractivity contribution is -0.151. The molecule has 3 N–H and O–H groups in total. The molecule has 6 heteroatoms. The molecule has 0 aromatic heterocycles. The van der Waals surface area contributed by atoms with Crippen LogP contribution in [0.3, 0.4) is 0 Å². The number of aliphatic hydroxyl groups excluding tert-OH is 2. The van der Waals surface area contributed by atoms with Crippen LogP contribution >= 0.6 is 0 Å². The molecule has 394 valence electrons. The fraction of sp³-hybridized carbons (Fsp3) is 0.967. The van der Waals surface area contributed by atoms with Gasteiger partial charge in [0.2, 0.25) is 5.91 Å². The highest BCUT2D eigenvalue weighted by Crippen LogP contribution is 2.20. The third kappa shape index (κ3) is 49.3. The lowest BCUT2D eigenvalue weighted by Gasteiger charge is -2.24. The second-order valence-corrected chi connectivity index (χ2v) is 21.1. The average Bonchev–Trinajstić information content (AvgIpc) is 3.31. The Labute approximate surface area is 413 Å². The molecule has 3 unspecified atom stereocenters. The number of carbonyl (C=O) groups excluding carboxylic acids is 2. The minimum atomic E-state index is -0.780. The summed E-state index contributed by atoms with van der Waals surface area (Å²) < 4.78 is 5.98.